The zero-order valence-electron chi connectivity index (χ0n) is 12.9. The lowest BCUT2D eigenvalue weighted by Crippen LogP contribution is -2.17. The molecular weight excluding hydrogens is 267 g/mol. The third-order valence-electron chi connectivity index (χ3n) is 3.61. The fourth-order valence-corrected chi connectivity index (χ4v) is 2.37. The number of benzene rings is 2. The molecule has 4 heteroatoms. The number of rotatable bonds is 4. The molecule has 0 aliphatic carbocycles. The summed E-state index contributed by atoms with van der Waals surface area (Å²) in [6.07, 6.45) is 0. The molecule has 0 aliphatic rings. The minimum atomic E-state index is -0.257. The molecule has 2 aromatic rings. The van der Waals surface area contributed by atoms with E-state index in [9.17, 15) is 4.39 Å². The first-order valence-electron chi connectivity index (χ1n) is 6.88. The topological polar surface area (TPSA) is 38.5 Å². The van der Waals surface area contributed by atoms with Gasteiger partial charge in [-0.2, -0.15) is 0 Å². The lowest BCUT2D eigenvalue weighted by Gasteiger charge is -2.26. The molecule has 112 valence electrons. The highest BCUT2D eigenvalue weighted by molar-refractivity contribution is 5.71. The van der Waals surface area contributed by atoms with Gasteiger partial charge in [0.15, 0.2) is 0 Å². The number of anilines is 2. The monoisotopic (exact) mass is 288 g/mol. The van der Waals surface area contributed by atoms with Crippen LogP contribution in [0.2, 0.25) is 0 Å². The van der Waals surface area contributed by atoms with Gasteiger partial charge in [-0.1, -0.05) is 12.1 Å². The van der Waals surface area contributed by atoms with E-state index in [1.807, 2.05) is 49.2 Å². The van der Waals surface area contributed by atoms with Gasteiger partial charge >= 0.3 is 0 Å². The first kappa shape index (κ1) is 15.3. The van der Waals surface area contributed by atoms with Crippen LogP contribution in [0, 0.1) is 12.7 Å². The number of hydrogen-bond donors (Lipinski definition) is 1. The van der Waals surface area contributed by atoms with Crippen LogP contribution in [0.3, 0.4) is 0 Å². The first-order chi connectivity index (χ1) is 9.95. The molecule has 0 heterocycles. The molecule has 0 radical (unpaired) electrons. The number of para-hydroxylation sites is 2. The van der Waals surface area contributed by atoms with Gasteiger partial charge in [-0.05, 0) is 49.2 Å². The van der Waals surface area contributed by atoms with Gasteiger partial charge in [0.05, 0.1) is 12.8 Å². The second-order valence-corrected chi connectivity index (χ2v) is 5.18. The molecule has 2 aromatic carbocycles. The summed E-state index contributed by atoms with van der Waals surface area (Å²) in [6, 6.07) is 10.8. The fourth-order valence-electron chi connectivity index (χ4n) is 2.37. The van der Waals surface area contributed by atoms with Gasteiger partial charge in [0.25, 0.3) is 0 Å². The summed E-state index contributed by atoms with van der Waals surface area (Å²) in [7, 11) is 3.56. The number of aryl methyl sites for hydroxylation is 1. The van der Waals surface area contributed by atoms with Gasteiger partial charge in [-0.15, -0.1) is 0 Å². The maximum Gasteiger partial charge on any atom is 0.142 e. The molecule has 3 nitrogen and oxygen atoms in total. The molecule has 1 atom stereocenters. The number of nitrogens with zero attached hydrogens (tertiary/aromatic N) is 1. The molecule has 2 N–H and O–H groups in total. The molecule has 2 rings (SSSR count). The number of ether oxygens (including phenoxy) is 1. The average Bonchev–Trinajstić information content (AvgIpc) is 2.48. The van der Waals surface area contributed by atoms with E-state index < -0.39 is 0 Å². The largest absolute Gasteiger partial charge is 0.495 e. The Bertz CT molecular complexity index is 641. The molecule has 0 aromatic heterocycles. The predicted octanol–water partition coefficient (Wildman–Crippen LogP) is 3.93. The maximum atomic E-state index is 13.8. The van der Waals surface area contributed by atoms with E-state index in [0.717, 1.165) is 22.7 Å². The molecule has 0 amide bonds. The summed E-state index contributed by atoms with van der Waals surface area (Å²) in [5.74, 6) is 0.525. The van der Waals surface area contributed by atoms with Crippen LogP contribution in [0.4, 0.5) is 15.8 Å². The Balaban J connectivity index is 2.57. The van der Waals surface area contributed by atoms with Crippen molar-refractivity contribution in [2.24, 2.45) is 5.73 Å². The Kier molecular flexibility index (Phi) is 4.48. The summed E-state index contributed by atoms with van der Waals surface area (Å²) in [5, 5.41) is 0. The SMILES string of the molecule is COc1ccccc1N(C)c1cc(C)c(F)cc1[C@H](C)N. The molecule has 0 aliphatic heterocycles. The third-order valence-corrected chi connectivity index (χ3v) is 3.61. The van der Waals surface area contributed by atoms with E-state index in [2.05, 4.69) is 0 Å². The van der Waals surface area contributed by atoms with Gasteiger partial charge in [0.2, 0.25) is 0 Å². The normalized spacial score (nSPS) is 12.1. The number of methoxy groups -OCH3 is 1. The summed E-state index contributed by atoms with van der Waals surface area (Å²) >= 11 is 0. The average molecular weight is 288 g/mol. The summed E-state index contributed by atoms with van der Waals surface area (Å²) in [4.78, 5) is 1.98. The van der Waals surface area contributed by atoms with E-state index in [0.29, 0.717) is 5.56 Å². The highest BCUT2D eigenvalue weighted by Gasteiger charge is 2.17. The van der Waals surface area contributed by atoms with E-state index >= 15 is 0 Å². The molecule has 0 bridgehead atoms. The minimum absolute atomic E-state index is 0.237. The van der Waals surface area contributed by atoms with Crippen LogP contribution in [0.1, 0.15) is 24.1 Å². The minimum Gasteiger partial charge on any atom is -0.495 e. The van der Waals surface area contributed by atoms with Gasteiger partial charge in [-0.3, -0.25) is 0 Å². The van der Waals surface area contributed by atoms with Crippen LogP contribution in [0.5, 0.6) is 5.75 Å². The predicted molar refractivity (Wildman–Crippen MR) is 84.8 cm³/mol. The zero-order chi connectivity index (χ0) is 15.6. The highest BCUT2D eigenvalue weighted by atomic mass is 19.1. The fraction of sp³-hybridized carbons (Fsp3) is 0.294. The van der Waals surface area contributed by atoms with E-state index in [-0.39, 0.29) is 11.9 Å². The van der Waals surface area contributed by atoms with Crippen molar-refractivity contribution in [1.29, 1.82) is 0 Å². The Morgan fingerprint density at radius 2 is 1.86 bits per heavy atom. The van der Waals surface area contributed by atoms with Crippen molar-refractivity contribution in [3.05, 3.63) is 53.3 Å². The number of hydrogen-bond acceptors (Lipinski definition) is 3. The van der Waals surface area contributed by atoms with Crippen molar-refractivity contribution in [3.63, 3.8) is 0 Å². The Labute approximate surface area is 125 Å². The van der Waals surface area contributed by atoms with E-state index in [1.54, 1.807) is 14.0 Å². The van der Waals surface area contributed by atoms with Gasteiger partial charge in [0, 0.05) is 18.8 Å². The van der Waals surface area contributed by atoms with Crippen LogP contribution in [0.15, 0.2) is 36.4 Å². The van der Waals surface area contributed by atoms with Crippen molar-refractivity contribution < 1.29 is 9.13 Å². The molecule has 0 fully saturated rings. The number of nitrogens with two attached hydrogens (primary N) is 1. The van der Waals surface area contributed by atoms with Crippen LogP contribution in [0.25, 0.3) is 0 Å². The van der Waals surface area contributed by atoms with Crippen molar-refractivity contribution in [1.82, 2.24) is 0 Å². The zero-order valence-corrected chi connectivity index (χ0v) is 12.9. The van der Waals surface area contributed by atoms with Crippen molar-refractivity contribution >= 4 is 11.4 Å². The van der Waals surface area contributed by atoms with Crippen LogP contribution < -0.4 is 15.4 Å². The smallest absolute Gasteiger partial charge is 0.142 e. The number of halogens is 1. The summed E-state index contributed by atoms with van der Waals surface area (Å²) < 4.78 is 19.2. The van der Waals surface area contributed by atoms with Gasteiger partial charge in [-0.25, -0.2) is 4.39 Å². The van der Waals surface area contributed by atoms with Crippen molar-refractivity contribution in [3.8, 4) is 5.75 Å². The quantitative estimate of drug-likeness (QED) is 0.926. The van der Waals surface area contributed by atoms with Gasteiger partial charge in [0.1, 0.15) is 11.6 Å². The summed E-state index contributed by atoms with van der Waals surface area (Å²) in [5.41, 5.74) is 9.15. The maximum absolute atomic E-state index is 13.8. The van der Waals surface area contributed by atoms with Crippen LogP contribution >= 0.6 is 0 Å². The van der Waals surface area contributed by atoms with E-state index in [1.165, 1.54) is 6.07 Å². The molecule has 0 unspecified atom stereocenters. The molecule has 0 spiro atoms. The Hall–Kier alpha value is -2.07. The highest BCUT2D eigenvalue weighted by Crippen LogP contribution is 2.36. The van der Waals surface area contributed by atoms with Gasteiger partial charge < -0.3 is 15.4 Å². The summed E-state index contributed by atoms with van der Waals surface area (Å²) in [6.45, 7) is 3.60. The molecule has 0 saturated carbocycles. The van der Waals surface area contributed by atoms with Crippen LogP contribution in [-0.4, -0.2) is 14.2 Å². The van der Waals surface area contributed by atoms with Crippen molar-refractivity contribution in [2.45, 2.75) is 19.9 Å². The molecule has 21 heavy (non-hydrogen) atoms. The molecular formula is C17H21FN2O. The second kappa shape index (κ2) is 6.14. The second-order valence-electron chi connectivity index (χ2n) is 5.18. The molecule has 0 saturated heterocycles. The Morgan fingerprint density at radius 1 is 1.19 bits per heavy atom. The third kappa shape index (κ3) is 3.00. The Morgan fingerprint density at radius 3 is 2.48 bits per heavy atom. The first-order valence-corrected chi connectivity index (χ1v) is 6.88. The lowest BCUT2D eigenvalue weighted by molar-refractivity contribution is 0.415. The lowest BCUT2D eigenvalue weighted by atomic mass is 10.0. The van der Waals surface area contributed by atoms with Crippen molar-refractivity contribution in [2.75, 3.05) is 19.1 Å². The van der Waals surface area contributed by atoms with E-state index in [4.69, 9.17) is 10.5 Å². The van der Waals surface area contributed by atoms with Crippen LogP contribution in [-0.2, 0) is 0 Å². The standard InChI is InChI=1S/C17H21FN2O/c1-11-9-16(13(12(2)19)10-14(11)18)20(3)15-7-5-6-8-17(15)21-4/h5-10,12H,19H2,1-4H3/t12-/m0/s1.